The zero-order chi connectivity index (χ0) is 15.4. The fourth-order valence-electron chi connectivity index (χ4n) is 1.78. The van der Waals surface area contributed by atoms with Gasteiger partial charge >= 0.3 is 0 Å². The quantitative estimate of drug-likeness (QED) is 0.670. The maximum Gasteiger partial charge on any atom is 0.270 e. The van der Waals surface area contributed by atoms with Gasteiger partial charge in [0.05, 0.1) is 15.5 Å². The fourth-order valence-corrected chi connectivity index (χ4v) is 1.98. The number of nitrogens with one attached hydrogen (secondary N) is 1. The van der Waals surface area contributed by atoms with Crippen LogP contribution in [0.1, 0.15) is 15.9 Å². The predicted molar refractivity (Wildman–Crippen MR) is 80.4 cm³/mol. The van der Waals surface area contributed by atoms with Gasteiger partial charge in [-0.25, -0.2) is 0 Å². The van der Waals surface area contributed by atoms with Crippen molar-refractivity contribution in [3.63, 3.8) is 0 Å². The molecule has 108 valence electrons. The third-order valence-electron chi connectivity index (χ3n) is 2.83. The van der Waals surface area contributed by atoms with Crippen molar-refractivity contribution in [3.8, 4) is 0 Å². The van der Waals surface area contributed by atoms with Crippen LogP contribution in [0.25, 0.3) is 0 Å². The number of rotatable bonds is 4. The number of anilines is 1. The van der Waals surface area contributed by atoms with E-state index in [2.05, 4.69) is 5.32 Å². The number of nitro benzene ring substituents is 1. The van der Waals surface area contributed by atoms with Crippen molar-refractivity contribution in [3.05, 3.63) is 68.7 Å². The Kier molecular flexibility index (Phi) is 4.52. The molecule has 1 amide bonds. The lowest BCUT2D eigenvalue weighted by atomic mass is 10.1. The summed E-state index contributed by atoms with van der Waals surface area (Å²) in [5.74, 6) is -0.516. The van der Waals surface area contributed by atoms with Gasteiger partial charge in [-0.1, -0.05) is 23.7 Å². The van der Waals surface area contributed by atoms with Crippen molar-refractivity contribution < 1.29 is 9.72 Å². The van der Waals surface area contributed by atoms with Crippen LogP contribution >= 0.6 is 11.6 Å². The molecule has 0 aliphatic rings. The molecule has 0 heterocycles. The molecule has 0 unspecified atom stereocenters. The molecule has 3 N–H and O–H groups in total. The van der Waals surface area contributed by atoms with Crippen LogP contribution in [-0.2, 0) is 6.54 Å². The van der Waals surface area contributed by atoms with Crippen molar-refractivity contribution in [1.29, 1.82) is 0 Å². The van der Waals surface area contributed by atoms with Gasteiger partial charge in [-0.15, -0.1) is 0 Å². The van der Waals surface area contributed by atoms with E-state index in [4.69, 9.17) is 17.3 Å². The molecule has 0 aliphatic heterocycles. The predicted octanol–water partition coefficient (Wildman–Crippen LogP) is 2.96. The zero-order valence-corrected chi connectivity index (χ0v) is 11.6. The number of amides is 1. The molecule has 0 aromatic heterocycles. The highest BCUT2D eigenvalue weighted by Gasteiger charge is 2.16. The molecule has 7 heteroatoms. The van der Waals surface area contributed by atoms with Crippen LogP contribution in [0.4, 0.5) is 11.4 Å². The molecule has 0 fully saturated rings. The Hall–Kier alpha value is -2.44. The molecule has 6 nitrogen and oxygen atoms in total. The van der Waals surface area contributed by atoms with E-state index in [9.17, 15) is 14.9 Å². The number of non-ortho nitro benzene ring substituents is 1. The molecule has 2 aromatic rings. The molecule has 2 rings (SSSR count). The molecule has 2 aromatic carbocycles. The van der Waals surface area contributed by atoms with E-state index in [1.807, 2.05) is 6.07 Å². The monoisotopic (exact) mass is 305 g/mol. The second-order valence-electron chi connectivity index (χ2n) is 4.28. The van der Waals surface area contributed by atoms with Crippen molar-refractivity contribution in [2.24, 2.45) is 5.73 Å². The van der Waals surface area contributed by atoms with Gasteiger partial charge < -0.3 is 11.1 Å². The summed E-state index contributed by atoms with van der Waals surface area (Å²) in [6.07, 6.45) is 0. The second-order valence-corrected chi connectivity index (χ2v) is 4.69. The van der Waals surface area contributed by atoms with E-state index >= 15 is 0 Å². The lowest BCUT2D eigenvalue weighted by molar-refractivity contribution is -0.384. The Balaban J connectivity index is 2.27. The van der Waals surface area contributed by atoms with Crippen LogP contribution in [0, 0.1) is 10.1 Å². The molecule has 0 bridgehead atoms. The van der Waals surface area contributed by atoms with Crippen LogP contribution in [0.15, 0.2) is 42.5 Å². The average Bonchev–Trinajstić information content (AvgIpc) is 2.47. The van der Waals surface area contributed by atoms with Gasteiger partial charge in [-0.05, 0) is 23.8 Å². The third kappa shape index (κ3) is 3.56. The minimum absolute atomic E-state index is 0.0454. The summed E-state index contributed by atoms with van der Waals surface area (Å²) in [5, 5.41) is 13.5. The highest BCUT2D eigenvalue weighted by Crippen LogP contribution is 2.23. The molecule has 0 radical (unpaired) electrons. The number of carbonyl (C=O) groups excluding carboxylic acids is 1. The Morgan fingerprint density at radius 3 is 2.71 bits per heavy atom. The van der Waals surface area contributed by atoms with Gasteiger partial charge in [0, 0.05) is 24.4 Å². The summed E-state index contributed by atoms with van der Waals surface area (Å²) in [5.41, 5.74) is 6.79. The smallest absolute Gasteiger partial charge is 0.270 e. The number of nitrogens with two attached hydrogens (primary N) is 1. The van der Waals surface area contributed by atoms with Crippen molar-refractivity contribution in [2.75, 3.05) is 5.32 Å². The summed E-state index contributed by atoms with van der Waals surface area (Å²) in [7, 11) is 0. The first-order valence-electron chi connectivity index (χ1n) is 6.05. The fraction of sp³-hybridized carbons (Fsp3) is 0.0714. The van der Waals surface area contributed by atoms with Gasteiger partial charge in [0.2, 0.25) is 0 Å². The lowest BCUT2D eigenvalue weighted by Gasteiger charge is -2.08. The summed E-state index contributed by atoms with van der Waals surface area (Å²) >= 11 is 5.92. The first-order valence-corrected chi connectivity index (χ1v) is 6.43. The molecule has 0 aliphatic carbocycles. The summed E-state index contributed by atoms with van der Waals surface area (Å²) in [6.45, 7) is 0.348. The van der Waals surface area contributed by atoms with Crippen LogP contribution in [0.5, 0.6) is 0 Å². The van der Waals surface area contributed by atoms with Gasteiger partial charge in [0.25, 0.3) is 11.6 Å². The number of halogens is 1. The number of nitrogens with zero attached hydrogens (tertiary/aromatic N) is 1. The molecular formula is C14H12ClN3O3. The first kappa shape index (κ1) is 15.0. The Labute approximate surface area is 125 Å². The number of hydrogen-bond acceptors (Lipinski definition) is 4. The van der Waals surface area contributed by atoms with E-state index < -0.39 is 10.8 Å². The molecule has 0 spiro atoms. The van der Waals surface area contributed by atoms with Crippen molar-refractivity contribution in [1.82, 2.24) is 0 Å². The normalized spacial score (nSPS) is 10.2. The minimum Gasteiger partial charge on any atom is -0.326 e. The largest absolute Gasteiger partial charge is 0.326 e. The molecule has 21 heavy (non-hydrogen) atoms. The maximum atomic E-state index is 12.2. The highest BCUT2D eigenvalue weighted by atomic mass is 35.5. The average molecular weight is 306 g/mol. The summed E-state index contributed by atoms with van der Waals surface area (Å²) < 4.78 is 0. The third-order valence-corrected chi connectivity index (χ3v) is 3.16. The number of nitro groups is 1. The van der Waals surface area contributed by atoms with Crippen LogP contribution < -0.4 is 11.1 Å². The number of carbonyl (C=O) groups is 1. The lowest BCUT2D eigenvalue weighted by Crippen LogP contribution is -2.13. The number of benzene rings is 2. The highest BCUT2D eigenvalue weighted by molar-refractivity contribution is 6.34. The van der Waals surface area contributed by atoms with E-state index in [1.165, 1.54) is 12.1 Å². The van der Waals surface area contributed by atoms with Crippen LogP contribution in [0.2, 0.25) is 5.02 Å². The van der Waals surface area contributed by atoms with E-state index in [1.54, 1.807) is 18.2 Å². The van der Waals surface area contributed by atoms with Gasteiger partial charge in [0.1, 0.15) is 0 Å². The van der Waals surface area contributed by atoms with Gasteiger partial charge in [0.15, 0.2) is 0 Å². The Morgan fingerprint density at radius 1 is 1.29 bits per heavy atom. The van der Waals surface area contributed by atoms with E-state index in [0.29, 0.717) is 12.2 Å². The Morgan fingerprint density at radius 2 is 2.05 bits per heavy atom. The standard InChI is InChI=1S/C14H12ClN3O3/c15-13-5-4-11(18(20)21)7-12(13)14(19)17-10-3-1-2-9(6-10)8-16/h1-7H,8,16H2,(H,17,19). The maximum absolute atomic E-state index is 12.2. The summed E-state index contributed by atoms with van der Waals surface area (Å²) in [6, 6.07) is 10.7. The summed E-state index contributed by atoms with van der Waals surface area (Å²) in [4.78, 5) is 22.3. The zero-order valence-electron chi connectivity index (χ0n) is 10.9. The minimum atomic E-state index is -0.581. The molecule has 0 atom stereocenters. The second kappa shape index (κ2) is 6.34. The molecular weight excluding hydrogens is 294 g/mol. The van der Waals surface area contributed by atoms with Crippen molar-refractivity contribution in [2.45, 2.75) is 6.54 Å². The molecule has 0 saturated carbocycles. The topological polar surface area (TPSA) is 98.3 Å². The SMILES string of the molecule is NCc1cccc(NC(=O)c2cc([N+](=O)[O-])ccc2Cl)c1. The molecule has 0 saturated heterocycles. The van der Waals surface area contributed by atoms with E-state index in [-0.39, 0.29) is 16.3 Å². The van der Waals surface area contributed by atoms with E-state index in [0.717, 1.165) is 11.6 Å². The van der Waals surface area contributed by atoms with Crippen LogP contribution in [-0.4, -0.2) is 10.8 Å². The van der Waals surface area contributed by atoms with Crippen LogP contribution in [0.3, 0.4) is 0 Å². The van der Waals surface area contributed by atoms with Gasteiger partial charge in [-0.3, -0.25) is 14.9 Å². The number of hydrogen-bond donors (Lipinski definition) is 2. The van der Waals surface area contributed by atoms with Crippen molar-refractivity contribution >= 4 is 28.9 Å². The Bertz CT molecular complexity index is 704. The van der Waals surface area contributed by atoms with Gasteiger partial charge in [-0.2, -0.15) is 0 Å². The first-order chi connectivity index (χ1) is 10.0.